The van der Waals surface area contributed by atoms with Crippen LogP contribution in [0, 0.1) is 0 Å². The Hall–Kier alpha value is -1.30. The topological polar surface area (TPSA) is 78.9 Å². The van der Waals surface area contributed by atoms with Crippen LogP contribution in [0.3, 0.4) is 0 Å². The maximum absolute atomic E-state index is 12.1. The van der Waals surface area contributed by atoms with Gasteiger partial charge in [-0.15, -0.1) is 0 Å². The number of nitrogens with zero attached hydrogens (tertiary/aromatic N) is 1. The third-order valence-electron chi connectivity index (χ3n) is 3.64. The first-order chi connectivity index (χ1) is 9.10. The largest absolute Gasteiger partial charge is 0.481 e. The molecule has 0 radical (unpaired) electrons. The van der Waals surface area contributed by atoms with E-state index in [-0.39, 0.29) is 30.6 Å². The van der Waals surface area contributed by atoms with Crippen LogP contribution in [0.5, 0.6) is 0 Å². The van der Waals surface area contributed by atoms with Crippen LogP contribution in [0.15, 0.2) is 0 Å². The Balaban J connectivity index is 1.72. The molecule has 6 nitrogen and oxygen atoms in total. The van der Waals surface area contributed by atoms with Crippen molar-refractivity contribution >= 4 is 12.0 Å². The van der Waals surface area contributed by atoms with Crippen molar-refractivity contribution in [3.8, 4) is 0 Å². The fourth-order valence-electron chi connectivity index (χ4n) is 2.37. The molecule has 0 aromatic heterocycles. The van der Waals surface area contributed by atoms with Crippen molar-refractivity contribution in [2.75, 3.05) is 13.2 Å². The Labute approximate surface area is 113 Å². The quantitative estimate of drug-likeness (QED) is 0.728. The molecule has 0 aromatic carbocycles. The lowest BCUT2D eigenvalue weighted by atomic mass is 9.89. The number of hydrogen-bond acceptors (Lipinski definition) is 3. The third kappa shape index (κ3) is 4.09. The summed E-state index contributed by atoms with van der Waals surface area (Å²) in [6.07, 6.45) is 3.96. The summed E-state index contributed by atoms with van der Waals surface area (Å²) in [5.74, 6) is -0.862. The fourth-order valence-corrected chi connectivity index (χ4v) is 2.37. The van der Waals surface area contributed by atoms with Crippen molar-refractivity contribution < 1.29 is 19.4 Å². The number of hydrogen-bond donors (Lipinski definition) is 2. The summed E-state index contributed by atoms with van der Waals surface area (Å²) in [5.41, 5.74) is 0. The van der Waals surface area contributed by atoms with E-state index in [2.05, 4.69) is 5.32 Å². The van der Waals surface area contributed by atoms with Crippen LogP contribution < -0.4 is 5.32 Å². The van der Waals surface area contributed by atoms with Crippen LogP contribution in [0.25, 0.3) is 0 Å². The first kappa shape index (κ1) is 14.1. The zero-order valence-electron chi connectivity index (χ0n) is 11.3. The molecule has 0 spiro atoms. The molecule has 2 amide bonds. The maximum Gasteiger partial charge on any atom is 0.317 e. The molecule has 2 aliphatic carbocycles. The maximum atomic E-state index is 12.1. The Bertz CT molecular complexity index is 338. The molecule has 0 saturated heterocycles. The number of carboxylic acids is 1. The van der Waals surface area contributed by atoms with Gasteiger partial charge in [0.05, 0.1) is 12.5 Å². The number of urea groups is 1. The molecule has 2 fully saturated rings. The van der Waals surface area contributed by atoms with Crippen molar-refractivity contribution in [1.82, 2.24) is 10.2 Å². The smallest absolute Gasteiger partial charge is 0.317 e. The molecule has 2 N–H and O–H groups in total. The van der Waals surface area contributed by atoms with Gasteiger partial charge in [0.2, 0.25) is 0 Å². The molecule has 0 aliphatic heterocycles. The van der Waals surface area contributed by atoms with E-state index in [9.17, 15) is 9.59 Å². The summed E-state index contributed by atoms with van der Waals surface area (Å²) in [6, 6.07) is 0.293. The Morgan fingerprint density at radius 3 is 2.58 bits per heavy atom. The second-order valence-electron chi connectivity index (χ2n) is 5.26. The van der Waals surface area contributed by atoms with Gasteiger partial charge in [0.15, 0.2) is 0 Å². The number of ether oxygens (including phenoxy) is 1. The van der Waals surface area contributed by atoms with Crippen LogP contribution in [-0.4, -0.2) is 53.3 Å². The van der Waals surface area contributed by atoms with Gasteiger partial charge in [-0.25, -0.2) is 4.79 Å². The average molecular weight is 270 g/mol. The molecule has 0 unspecified atom stereocenters. The average Bonchev–Trinajstić information content (AvgIpc) is 3.10. The minimum Gasteiger partial charge on any atom is -0.481 e. The SMILES string of the molecule is CCOC1CC(NC(=O)N(CCC(=O)O)C2CC2)C1. The molecular formula is C13H22N2O4. The van der Waals surface area contributed by atoms with Gasteiger partial charge in [-0.2, -0.15) is 0 Å². The first-order valence-corrected chi connectivity index (χ1v) is 7.00. The van der Waals surface area contributed by atoms with Crippen LogP contribution in [0.2, 0.25) is 0 Å². The Kier molecular flexibility index (Phi) is 4.63. The highest BCUT2D eigenvalue weighted by Crippen LogP contribution is 2.28. The minimum absolute atomic E-state index is 0.0101. The monoisotopic (exact) mass is 270 g/mol. The van der Waals surface area contributed by atoms with E-state index in [1.807, 2.05) is 6.92 Å². The number of amides is 2. The summed E-state index contributed by atoms with van der Waals surface area (Å²) in [6.45, 7) is 2.97. The van der Waals surface area contributed by atoms with Crippen molar-refractivity contribution in [3.05, 3.63) is 0 Å². The fraction of sp³-hybridized carbons (Fsp3) is 0.846. The lowest BCUT2D eigenvalue weighted by Gasteiger charge is -2.36. The minimum atomic E-state index is -0.862. The van der Waals surface area contributed by atoms with Gasteiger partial charge >= 0.3 is 12.0 Å². The summed E-state index contributed by atoms with van der Waals surface area (Å²) >= 11 is 0. The number of aliphatic carboxylic acids is 1. The molecule has 6 heteroatoms. The zero-order chi connectivity index (χ0) is 13.8. The van der Waals surface area contributed by atoms with Gasteiger partial charge in [0, 0.05) is 25.2 Å². The summed E-state index contributed by atoms with van der Waals surface area (Å²) in [5, 5.41) is 11.7. The van der Waals surface area contributed by atoms with Gasteiger partial charge in [-0.1, -0.05) is 0 Å². The van der Waals surface area contributed by atoms with Crippen LogP contribution in [-0.2, 0) is 9.53 Å². The van der Waals surface area contributed by atoms with E-state index in [0.717, 1.165) is 25.7 Å². The van der Waals surface area contributed by atoms with E-state index in [4.69, 9.17) is 9.84 Å². The number of nitrogens with one attached hydrogen (secondary N) is 1. The highest BCUT2D eigenvalue weighted by atomic mass is 16.5. The normalized spacial score (nSPS) is 25.5. The number of carbonyl (C=O) groups is 2. The van der Waals surface area contributed by atoms with Crippen molar-refractivity contribution in [2.45, 2.75) is 57.2 Å². The first-order valence-electron chi connectivity index (χ1n) is 7.00. The van der Waals surface area contributed by atoms with Crippen LogP contribution >= 0.6 is 0 Å². The molecular weight excluding hydrogens is 248 g/mol. The number of rotatable bonds is 7. The number of carboxylic acid groups (broad SMARTS) is 1. The molecule has 2 rings (SSSR count). The second kappa shape index (κ2) is 6.23. The van der Waals surface area contributed by atoms with Crippen LogP contribution in [0.1, 0.15) is 39.0 Å². The lowest BCUT2D eigenvalue weighted by molar-refractivity contribution is -0.137. The Morgan fingerprint density at radius 1 is 1.37 bits per heavy atom. The zero-order valence-corrected chi connectivity index (χ0v) is 11.3. The lowest BCUT2D eigenvalue weighted by Crippen LogP contribution is -2.52. The molecule has 2 saturated carbocycles. The van der Waals surface area contributed by atoms with E-state index < -0.39 is 5.97 Å². The van der Waals surface area contributed by atoms with Gasteiger partial charge in [0.1, 0.15) is 0 Å². The van der Waals surface area contributed by atoms with E-state index in [1.165, 1.54) is 0 Å². The highest BCUT2D eigenvalue weighted by molar-refractivity contribution is 5.76. The van der Waals surface area contributed by atoms with Gasteiger partial charge in [-0.3, -0.25) is 4.79 Å². The van der Waals surface area contributed by atoms with Crippen molar-refractivity contribution in [3.63, 3.8) is 0 Å². The standard InChI is InChI=1S/C13H22N2O4/c1-2-19-11-7-9(8-11)14-13(18)15(10-3-4-10)6-5-12(16)17/h9-11H,2-8H2,1H3,(H,14,18)(H,16,17). The molecule has 0 aromatic rings. The molecule has 19 heavy (non-hydrogen) atoms. The molecule has 0 bridgehead atoms. The van der Waals surface area contributed by atoms with Gasteiger partial charge < -0.3 is 20.1 Å². The van der Waals surface area contributed by atoms with E-state index >= 15 is 0 Å². The summed E-state index contributed by atoms with van der Waals surface area (Å²) < 4.78 is 5.45. The molecule has 2 aliphatic rings. The second-order valence-corrected chi connectivity index (χ2v) is 5.26. The third-order valence-corrected chi connectivity index (χ3v) is 3.64. The summed E-state index contributed by atoms with van der Waals surface area (Å²) in [7, 11) is 0. The Morgan fingerprint density at radius 2 is 2.05 bits per heavy atom. The predicted octanol–water partition coefficient (Wildman–Crippen LogP) is 1.20. The molecule has 0 atom stereocenters. The number of carbonyl (C=O) groups excluding carboxylic acids is 1. The molecule has 0 heterocycles. The summed E-state index contributed by atoms with van der Waals surface area (Å²) in [4.78, 5) is 24.4. The van der Waals surface area contributed by atoms with E-state index in [0.29, 0.717) is 13.2 Å². The van der Waals surface area contributed by atoms with Crippen molar-refractivity contribution in [2.24, 2.45) is 0 Å². The van der Waals surface area contributed by atoms with E-state index in [1.54, 1.807) is 4.90 Å². The van der Waals surface area contributed by atoms with Crippen molar-refractivity contribution in [1.29, 1.82) is 0 Å². The van der Waals surface area contributed by atoms with Gasteiger partial charge in [0.25, 0.3) is 0 Å². The van der Waals surface area contributed by atoms with Crippen LogP contribution in [0.4, 0.5) is 4.79 Å². The highest BCUT2D eigenvalue weighted by Gasteiger charge is 2.36. The molecule has 108 valence electrons. The van der Waals surface area contributed by atoms with Gasteiger partial charge in [-0.05, 0) is 32.6 Å². The predicted molar refractivity (Wildman–Crippen MR) is 68.9 cm³/mol.